The highest BCUT2D eigenvalue weighted by atomic mass is 19.3. The van der Waals surface area contributed by atoms with Gasteiger partial charge in [-0.25, -0.2) is 8.78 Å². The summed E-state index contributed by atoms with van der Waals surface area (Å²) in [5.74, 6) is -3.33. The van der Waals surface area contributed by atoms with E-state index >= 15 is 0 Å². The predicted molar refractivity (Wildman–Crippen MR) is 43.2 cm³/mol. The molecule has 1 unspecified atom stereocenters. The van der Waals surface area contributed by atoms with Crippen LogP contribution in [0.3, 0.4) is 0 Å². The third-order valence-corrected chi connectivity index (χ3v) is 1.67. The lowest BCUT2D eigenvalue weighted by Gasteiger charge is -2.20. The molecule has 0 aliphatic heterocycles. The van der Waals surface area contributed by atoms with Crippen molar-refractivity contribution in [1.82, 2.24) is 4.98 Å². The van der Waals surface area contributed by atoms with Gasteiger partial charge in [0.25, 0.3) is 5.92 Å². The first-order chi connectivity index (χ1) is 6.08. The molecule has 0 spiro atoms. The van der Waals surface area contributed by atoms with Gasteiger partial charge < -0.3 is 10.8 Å². The van der Waals surface area contributed by atoms with Gasteiger partial charge in [0, 0.05) is 6.20 Å². The average molecular weight is 188 g/mol. The van der Waals surface area contributed by atoms with Crippen LogP contribution in [-0.2, 0) is 0 Å². The first-order valence-corrected chi connectivity index (χ1v) is 3.73. The smallest absolute Gasteiger partial charge is 0.291 e. The summed E-state index contributed by atoms with van der Waals surface area (Å²) in [7, 11) is 0. The molecule has 1 atom stereocenters. The summed E-state index contributed by atoms with van der Waals surface area (Å²) in [5.41, 5.74) is 5.28. The SMILES string of the molecule is NC(c1ccccn1)C(F)(F)CO. The first kappa shape index (κ1) is 10.0. The molecule has 0 saturated carbocycles. The highest BCUT2D eigenvalue weighted by Gasteiger charge is 2.37. The molecule has 1 heterocycles. The number of aliphatic hydroxyl groups is 1. The van der Waals surface area contributed by atoms with Gasteiger partial charge in [-0.2, -0.15) is 0 Å². The van der Waals surface area contributed by atoms with E-state index in [-0.39, 0.29) is 5.69 Å². The van der Waals surface area contributed by atoms with Crippen LogP contribution in [0.1, 0.15) is 11.7 Å². The molecule has 5 heteroatoms. The number of hydrogen-bond acceptors (Lipinski definition) is 3. The second kappa shape index (κ2) is 3.76. The maximum atomic E-state index is 12.8. The van der Waals surface area contributed by atoms with E-state index in [0.717, 1.165) is 0 Å². The number of pyridine rings is 1. The van der Waals surface area contributed by atoms with E-state index in [0.29, 0.717) is 0 Å². The van der Waals surface area contributed by atoms with Crippen molar-refractivity contribution in [3.05, 3.63) is 30.1 Å². The molecule has 0 aromatic carbocycles. The second-order valence-corrected chi connectivity index (χ2v) is 2.65. The van der Waals surface area contributed by atoms with Crippen LogP contribution in [0, 0.1) is 0 Å². The van der Waals surface area contributed by atoms with Crippen molar-refractivity contribution in [2.24, 2.45) is 5.73 Å². The van der Waals surface area contributed by atoms with E-state index in [1.54, 1.807) is 12.1 Å². The van der Waals surface area contributed by atoms with Crippen LogP contribution in [0.5, 0.6) is 0 Å². The molecule has 1 aromatic rings. The van der Waals surface area contributed by atoms with Crippen LogP contribution in [-0.4, -0.2) is 22.6 Å². The fourth-order valence-electron chi connectivity index (χ4n) is 0.875. The Morgan fingerprint density at radius 3 is 2.69 bits per heavy atom. The van der Waals surface area contributed by atoms with Gasteiger partial charge in [0.15, 0.2) is 0 Å². The van der Waals surface area contributed by atoms with E-state index in [1.165, 1.54) is 12.3 Å². The number of aliphatic hydroxyl groups excluding tert-OH is 1. The van der Waals surface area contributed by atoms with Crippen LogP contribution in [0.15, 0.2) is 24.4 Å². The lowest BCUT2D eigenvalue weighted by atomic mass is 10.1. The molecule has 0 aliphatic rings. The monoisotopic (exact) mass is 188 g/mol. The molecule has 0 aliphatic carbocycles. The molecular formula is C8H10F2N2O. The van der Waals surface area contributed by atoms with Crippen molar-refractivity contribution in [1.29, 1.82) is 0 Å². The lowest BCUT2D eigenvalue weighted by molar-refractivity contribution is -0.0721. The molecule has 0 radical (unpaired) electrons. The molecule has 0 saturated heterocycles. The Morgan fingerprint density at radius 2 is 2.23 bits per heavy atom. The normalized spacial score (nSPS) is 14.2. The number of nitrogens with zero attached hydrogens (tertiary/aromatic N) is 1. The standard InChI is InChI=1S/C8H10F2N2O/c9-8(10,5-13)7(11)6-3-1-2-4-12-6/h1-4,7,13H,5,11H2. The van der Waals surface area contributed by atoms with Gasteiger partial charge in [-0.1, -0.05) is 6.07 Å². The molecule has 0 bridgehead atoms. The fourth-order valence-corrected chi connectivity index (χ4v) is 0.875. The third kappa shape index (κ3) is 2.19. The average Bonchev–Trinajstić information content (AvgIpc) is 2.18. The molecule has 0 amide bonds. The van der Waals surface area contributed by atoms with Gasteiger partial charge in [-0.15, -0.1) is 0 Å². The van der Waals surface area contributed by atoms with Crippen LogP contribution in [0.25, 0.3) is 0 Å². The number of aromatic nitrogens is 1. The Hall–Kier alpha value is -1.07. The van der Waals surface area contributed by atoms with E-state index in [4.69, 9.17) is 10.8 Å². The Bertz CT molecular complexity index is 266. The molecule has 13 heavy (non-hydrogen) atoms. The molecule has 3 nitrogen and oxygen atoms in total. The Morgan fingerprint density at radius 1 is 1.54 bits per heavy atom. The number of rotatable bonds is 3. The number of halogens is 2. The van der Waals surface area contributed by atoms with Gasteiger partial charge in [0.05, 0.1) is 5.69 Å². The summed E-state index contributed by atoms with van der Waals surface area (Å²) < 4.78 is 25.6. The van der Waals surface area contributed by atoms with Gasteiger partial charge >= 0.3 is 0 Å². The molecule has 1 rings (SSSR count). The van der Waals surface area contributed by atoms with E-state index in [2.05, 4.69) is 4.98 Å². The summed E-state index contributed by atoms with van der Waals surface area (Å²) in [6, 6.07) is 3.01. The minimum Gasteiger partial charge on any atom is -0.390 e. The Kier molecular flexibility index (Phi) is 2.90. The highest BCUT2D eigenvalue weighted by molar-refractivity contribution is 5.11. The van der Waals surface area contributed by atoms with E-state index in [1.807, 2.05) is 0 Å². The summed E-state index contributed by atoms with van der Waals surface area (Å²) >= 11 is 0. The van der Waals surface area contributed by atoms with Crippen molar-refractivity contribution in [3.63, 3.8) is 0 Å². The zero-order chi connectivity index (χ0) is 9.90. The number of hydrogen-bond donors (Lipinski definition) is 2. The first-order valence-electron chi connectivity index (χ1n) is 3.73. The van der Waals surface area contributed by atoms with Gasteiger partial charge in [-0.05, 0) is 12.1 Å². The largest absolute Gasteiger partial charge is 0.390 e. The van der Waals surface area contributed by atoms with Crippen molar-refractivity contribution in [2.45, 2.75) is 12.0 Å². The fraction of sp³-hybridized carbons (Fsp3) is 0.375. The van der Waals surface area contributed by atoms with Crippen molar-refractivity contribution < 1.29 is 13.9 Å². The summed E-state index contributed by atoms with van der Waals surface area (Å²) in [4.78, 5) is 3.68. The van der Waals surface area contributed by atoms with Gasteiger partial charge in [-0.3, -0.25) is 4.98 Å². The summed E-state index contributed by atoms with van der Waals surface area (Å²) in [6.45, 7) is -1.27. The lowest BCUT2D eigenvalue weighted by Crippen LogP contribution is -2.36. The summed E-state index contributed by atoms with van der Waals surface area (Å²) in [6.07, 6.45) is 1.38. The van der Waals surface area contributed by atoms with E-state index < -0.39 is 18.6 Å². The van der Waals surface area contributed by atoms with Crippen LogP contribution in [0.2, 0.25) is 0 Å². The Balaban J connectivity index is 2.85. The Labute approximate surface area is 74.2 Å². The van der Waals surface area contributed by atoms with Gasteiger partial charge in [0.2, 0.25) is 0 Å². The molecule has 72 valence electrons. The van der Waals surface area contributed by atoms with Crippen LogP contribution >= 0.6 is 0 Å². The van der Waals surface area contributed by atoms with E-state index in [9.17, 15) is 8.78 Å². The minimum atomic E-state index is -3.33. The molecular weight excluding hydrogens is 178 g/mol. The maximum Gasteiger partial charge on any atom is 0.291 e. The zero-order valence-corrected chi connectivity index (χ0v) is 6.82. The molecule has 0 fully saturated rings. The van der Waals surface area contributed by atoms with Crippen molar-refractivity contribution in [3.8, 4) is 0 Å². The van der Waals surface area contributed by atoms with Crippen molar-refractivity contribution >= 4 is 0 Å². The minimum absolute atomic E-state index is 0.0709. The molecule has 1 aromatic heterocycles. The zero-order valence-electron chi connectivity index (χ0n) is 6.82. The van der Waals surface area contributed by atoms with Crippen molar-refractivity contribution in [2.75, 3.05) is 6.61 Å². The van der Waals surface area contributed by atoms with Crippen LogP contribution < -0.4 is 5.73 Å². The number of nitrogens with two attached hydrogens (primary N) is 1. The summed E-state index contributed by atoms with van der Waals surface area (Å²) in [5, 5.41) is 8.37. The van der Waals surface area contributed by atoms with Crippen LogP contribution in [0.4, 0.5) is 8.78 Å². The highest BCUT2D eigenvalue weighted by Crippen LogP contribution is 2.26. The maximum absolute atomic E-state index is 12.8. The topological polar surface area (TPSA) is 59.1 Å². The third-order valence-electron chi connectivity index (χ3n) is 1.67. The molecule has 3 N–H and O–H groups in total. The number of alkyl halides is 2. The predicted octanol–water partition coefficient (Wildman–Crippen LogP) is 0.709. The van der Waals surface area contributed by atoms with Gasteiger partial charge in [0.1, 0.15) is 12.6 Å². The quantitative estimate of drug-likeness (QED) is 0.734. The second-order valence-electron chi connectivity index (χ2n) is 2.65.